The summed E-state index contributed by atoms with van der Waals surface area (Å²) in [5.41, 5.74) is 5.71. The van der Waals surface area contributed by atoms with Crippen LogP contribution in [0, 0.1) is 0 Å². The number of aliphatic hydroxyl groups is 6. The molecule has 12 N–H and O–H groups in total. The molecule has 0 saturated heterocycles. The van der Waals surface area contributed by atoms with Crippen LogP contribution < -0.4 is 30.9 Å². The summed E-state index contributed by atoms with van der Waals surface area (Å²) in [6.07, 6.45) is 13.1. The van der Waals surface area contributed by atoms with E-state index in [1.54, 1.807) is 30.3 Å². The number of ether oxygens (including phenoxy) is 1. The number of unbranched alkanes of at least 4 members (excludes halogenated alkanes) is 8. The number of carbonyl (C=O) groups is 4. The number of carbonyl (C=O) groups excluding carboxylic acids is 4. The van der Waals surface area contributed by atoms with Crippen LogP contribution in [0.2, 0.25) is 0 Å². The van der Waals surface area contributed by atoms with E-state index in [4.69, 9.17) is 4.74 Å². The third kappa shape index (κ3) is 26.3. The molecular weight excluding hydrogens is 1410 g/mol. The Kier molecular flexibility index (Phi) is 33.1. The van der Waals surface area contributed by atoms with Crippen LogP contribution >= 0.6 is 11.3 Å². The first-order valence-corrected chi connectivity index (χ1v) is 39.8. The second kappa shape index (κ2) is 40.2. The summed E-state index contributed by atoms with van der Waals surface area (Å²) < 4.78 is 95.6. The topological polar surface area (TPSA) is 419 Å². The lowest BCUT2D eigenvalue weighted by atomic mass is 9.74. The lowest BCUT2D eigenvalue weighted by Gasteiger charge is -2.30. The van der Waals surface area contributed by atoms with Gasteiger partial charge in [-0.05, 0) is 183 Å². The molecule has 26 nitrogen and oxygen atoms in total. The van der Waals surface area contributed by atoms with Gasteiger partial charge in [-0.15, -0.1) is 10.2 Å². The van der Waals surface area contributed by atoms with Gasteiger partial charge >= 0.3 is 0 Å². The molecule has 0 spiro atoms. The van der Waals surface area contributed by atoms with Gasteiger partial charge in [-0.2, -0.15) is 16.8 Å². The summed E-state index contributed by atoms with van der Waals surface area (Å²) in [5, 5.41) is 77.7. The Morgan fingerprint density at radius 2 is 1.36 bits per heavy atom. The minimum Gasteiger partial charge on any atom is -0.457 e. The van der Waals surface area contributed by atoms with Crippen LogP contribution in [-0.4, -0.2) is 168 Å². The Hall–Kier alpha value is -7.33. The SMILES string of the molecule is C=C(CCCCS(=O)(=O)O)c1ccc(C(=O)NCCCC[C@H](O)CO)cc1C(C)(C)C(=C)/C=C/C1=C(Oc2ccc(S(=O)(=O)O)cc2)C(=C/C=C2/N(CCCCCC(=O)NCCCCCCCC(=O)Nc3nnc([SH](=O)=O)s3)c3ccc(C(=O)NC[C@H](O)[C@@H](O)C[C@H](O)CO)cc3C2(C)C)/CCC1. The quantitative estimate of drug-likeness (QED) is 0.00649. The lowest BCUT2D eigenvalue weighted by molar-refractivity contribution is -0.121. The monoisotopic (exact) mass is 1510 g/mol. The average molecular weight is 1510 g/mol. The van der Waals surface area contributed by atoms with Crippen molar-refractivity contribution in [2.45, 2.75) is 201 Å². The van der Waals surface area contributed by atoms with E-state index in [2.05, 4.69) is 49.5 Å². The fourth-order valence-electron chi connectivity index (χ4n) is 12.1. The van der Waals surface area contributed by atoms with Crippen LogP contribution in [-0.2, 0) is 51.4 Å². The third-order valence-corrected chi connectivity index (χ3v) is 21.7. The van der Waals surface area contributed by atoms with E-state index in [1.165, 1.54) is 24.3 Å². The molecule has 0 radical (unpaired) electrons. The molecule has 0 unspecified atom stereocenters. The Bertz CT molecular complexity index is 4040. The van der Waals surface area contributed by atoms with Gasteiger partial charge in [0.1, 0.15) is 11.5 Å². The van der Waals surface area contributed by atoms with Crippen LogP contribution in [0.4, 0.5) is 10.8 Å². The van der Waals surface area contributed by atoms with Crippen molar-refractivity contribution in [2.75, 3.05) is 55.4 Å². The van der Waals surface area contributed by atoms with Crippen LogP contribution in [0.25, 0.3) is 5.57 Å². The van der Waals surface area contributed by atoms with E-state index < -0.39 is 84.5 Å². The number of aliphatic hydroxyl groups excluding tert-OH is 6. The fourth-order valence-corrected chi connectivity index (χ4v) is 14.3. The normalized spacial score (nSPS) is 16.0. The largest absolute Gasteiger partial charge is 0.457 e. The van der Waals surface area contributed by atoms with E-state index in [9.17, 15) is 84.2 Å². The molecule has 2 aliphatic rings. The highest BCUT2D eigenvalue weighted by atomic mass is 32.2. The standard InChI is InChI=1S/C73H101N7O19S4/c1-48(20-14-18-41-102(93,94)95)58-35-28-52(68(89)75-39-16-13-23-54(83)46-81)42-59(58)72(3,4)49(2)26-27-50-21-19-22-51(67(50)99-56-31-33-57(34-32-56)103(96,97)98)30-37-64-73(5,6)60-43-53(69(90)76-45-63(86)62(85)44-55(84)47-82)29-36-61(60)80(64)40-17-10-12-24-65(87)74-38-15-9-7-8-11-25-66(88)77-70-78-79-71(100-70)101(91)92/h26-37,42-43,54-55,62-63,81-86,101H,1-2,7-25,38-41,44-47H2,3-6H3,(H,74,87)(H,75,89)(H,76,90)(H,77,78,88)(H,93,94,95)(H,96,97,98)/b27-26+,51-30+,64-37+/t54-,55-,62-,63-/m0/s1. The van der Waals surface area contributed by atoms with E-state index in [0.717, 1.165) is 70.7 Å². The second-order valence-electron chi connectivity index (χ2n) is 27.0. The smallest absolute Gasteiger partial charge is 0.294 e. The van der Waals surface area contributed by atoms with E-state index in [1.807, 2.05) is 58.1 Å². The van der Waals surface area contributed by atoms with Crippen molar-refractivity contribution in [1.82, 2.24) is 26.1 Å². The number of hydrogen-bond acceptors (Lipinski definition) is 21. The van der Waals surface area contributed by atoms with Crippen LogP contribution in [0.5, 0.6) is 5.75 Å². The Morgan fingerprint density at radius 1 is 0.728 bits per heavy atom. The maximum atomic E-state index is 13.8. The summed E-state index contributed by atoms with van der Waals surface area (Å²) in [6.45, 7) is 16.9. The molecule has 1 aliphatic heterocycles. The summed E-state index contributed by atoms with van der Waals surface area (Å²) in [5.74, 6) is -0.897. The summed E-state index contributed by atoms with van der Waals surface area (Å²) in [4.78, 5) is 54.7. The Morgan fingerprint density at radius 3 is 2.04 bits per heavy atom. The van der Waals surface area contributed by atoms with Crippen molar-refractivity contribution in [3.8, 4) is 5.75 Å². The molecule has 566 valence electrons. The highest BCUT2D eigenvalue weighted by molar-refractivity contribution is 7.86. The van der Waals surface area contributed by atoms with Crippen molar-refractivity contribution < 1.29 is 88.9 Å². The molecule has 103 heavy (non-hydrogen) atoms. The highest BCUT2D eigenvalue weighted by Crippen LogP contribution is 2.49. The zero-order valence-electron chi connectivity index (χ0n) is 59.0. The van der Waals surface area contributed by atoms with Gasteiger partial charge in [0, 0.05) is 78.8 Å². The molecule has 4 atom stereocenters. The van der Waals surface area contributed by atoms with Gasteiger partial charge in [0.25, 0.3) is 32.1 Å². The molecular formula is C73H101N7O19S4. The third-order valence-electron chi connectivity index (χ3n) is 18.3. The van der Waals surface area contributed by atoms with Gasteiger partial charge < -0.3 is 61.5 Å². The molecule has 6 rings (SSSR count). The van der Waals surface area contributed by atoms with Crippen LogP contribution in [0.1, 0.15) is 194 Å². The Labute approximate surface area is 609 Å². The van der Waals surface area contributed by atoms with Crippen molar-refractivity contribution >= 4 is 82.3 Å². The number of nitrogens with zero attached hydrogens (tertiary/aromatic N) is 3. The molecule has 2 heterocycles. The van der Waals surface area contributed by atoms with Gasteiger partial charge in [-0.3, -0.25) is 28.3 Å². The van der Waals surface area contributed by atoms with Crippen molar-refractivity contribution in [1.29, 1.82) is 0 Å². The molecule has 0 saturated carbocycles. The minimum absolute atomic E-state index is 0.0705. The predicted molar refractivity (Wildman–Crippen MR) is 395 cm³/mol. The number of fused-ring (bicyclic) bond motifs is 1. The number of aromatic nitrogens is 2. The number of rotatable bonds is 44. The van der Waals surface area contributed by atoms with Gasteiger partial charge in [-0.1, -0.05) is 102 Å². The van der Waals surface area contributed by atoms with Gasteiger partial charge in [0.15, 0.2) is 10.7 Å². The number of benzene rings is 3. The van der Waals surface area contributed by atoms with Crippen molar-refractivity contribution in [2.24, 2.45) is 0 Å². The number of hydrogen-bond donors (Lipinski definition) is 13. The summed E-state index contributed by atoms with van der Waals surface area (Å²) >= 11 is 0.789. The van der Waals surface area contributed by atoms with Gasteiger partial charge in [0.2, 0.25) is 21.3 Å². The Balaban J connectivity index is 1.26. The number of allylic oxidation sites excluding steroid dienone is 9. The van der Waals surface area contributed by atoms with Gasteiger partial charge in [0.05, 0.1) is 48.3 Å². The molecule has 0 bridgehead atoms. The van der Waals surface area contributed by atoms with Crippen molar-refractivity contribution in [3.63, 3.8) is 0 Å². The highest BCUT2D eigenvalue weighted by Gasteiger charge is 2.41. The molecule has 0 fully saturated rings. The average Bonchev–Trinajstić information content (AvgIpc) is 1.62. The number of amides is 4. The molecule has 3 aromatic carbocycles. The first-order chi connectivity index (χ1) is 48.7. The number of thiol groups is 1. The first-order valence-electron chi connectivity index (χ1n) is 34.8. The molecule has 4 amide bonds. The lowest BCUT2D eigenvalue weighted by Crippen LogP contribution is -2.40. The number of nitrogens with one attached hydrogen (secondary N) is 4. The molecule has 1 aliphatic carbocycles. The number of anilines is 2. The van der Waals surface area contributed by atoms with E-state index >= 15 is 0 Å². The first kappa shape index (κ1) is 84.6. The van der Waals surface area contributed by atoms with E-state index in [0.29, 0.717) is 131 Å². The molecule has 1 aromatic heterocycles. The zero-order chi connectivity index (χ0) is 75.7. The van der Waals surface area contributed by atoms with Crippen LogP contribution in [0.3, 0.4) is 0 Å². The fraction of sp³-hybridized carbons (Fsp3) is 0.507. The summed E-state index contributed by atoms with van der Waals surface area (Å²) in [7, 11) is -11.6. The molecule has 30 heteroatoms. The summed E-state index contributed by atoms with van der Waals surface area (Å²) in [6, 6.07) is 15.9. The zero-order valence-corrected chi connectivity index (χ0v) is 62.3. The van der Waals surface area contributed by atoms with E-state index in [-0.39, 0.29) is 75.8 Å². The second-order valence-corrected chi connectivity index (χ2v) is 32.2. The predicted octanol–water partition coefficient (Wildman–Crippen LogP) is 8.45. The van der Waals surface area contributed by atoms with Crippen LogP contribution in [0.15, 0.2) is 136 Å². The minimum atomic E-state index is -4.56. The van der Waals surface area contributed by atoms with Gasteiger partial charge in [-0.25, -0.2) is 8.42 Å². The van der Waals surface area contributed by atoms with Crippen molar-refractivity contribution in [3.05, 3.63) is 154 Å². The molecule has 4 aromatic rings. The maximum absolute atomic E-state index is 13.8. The maximum Gasteiger partial charge on any atom is 0.294 e.